The Morgan fingerprint density at radius 1 is 1.19 bits per heavy atom. The monoisotopic (exact) mass is 213 g/mol. The van der Waals surface area contributed by atoms with Gasteiger partial charge in [-0.2, -0.15) is 0 Å². The van der Waals surface area contributed by atoms with E-state index in [2.05, 4.69) is 22.0 Å². The number of nitrogens with zero attached hydrogens (tertiary/aromatic N) is 2. The van der Waals surface area contributed by atoms with Crippen LogP contribution >= 0.6 is 0 Å². The topological polar surface area (TPSA) is 42.1 Å². The summed E-state index contributed by atoms with van der Waals surface area (Å²) in [6, 6.07) is 13.9. The third kappa shape index (κ3) is 2.51. The first-order valence-electron chi connectivity index (χ1n) is 5.22. The van der Waals surface area contributed by atoms with Crippen molar-refractivity contribution < 1.29 is 0 Å². The minimum absolute atomic E-state index is 0.756. The first-order chi connectivity index (χ1) is 7.75. The second-order valence-electron chi connectivity index (χ2n) is 3.77. The van der Waals surface area contributed by atoms with Crippen LogP contribution in [-0.2, 0) is 6.54 Å². The minimum Gasteiger partial charge on any atom is -0.399 e. The van der Waals surface area contributed by atoms with Crippen molar-refractivity contribution in [2.24, 2.45) is 0 Å². The van der Waals surface area contributed by atoms with Crippen LogP contribution in [0.3, 0.4) is 0 Å². The number of benzene rings is 1. The Balaban J connectivity index is 2.11. The highest BCUT2D eigenvalue weighted by atomic mass is 15.1. The predicted molar refractivity (Wildman–Crippen MR) is 67.2 cm³/mol. The maximum atomic E-state index is 5.71. The van der Waals surface area contributed by atoms with Gasteiger partial charge in [0.25, 0.3) is 0 Å². The Labute approximate surface area is 95.5 Å². The lowest BCUT2D eigenvalue weighted by Gasteiger charge is -2.18. The predicted octanol–water partition coefficient (Wildman–Crippen LogP) is 2.30. The van der Waals surface area contributed by atoms with Crippen LogP contribution in [0, 0.1) is 0 Å². The fourth-order valence-electron chi connectivity index (χ4n) is 1.60. The molecule has 1 aromatic heterocycles. The summed E-state index contributed by atoms with van der Waals surface area (Å²) < 4.78 is 0. The van der Waals surface area contributed by atoms with Crippen molar-refractivity contribution in [1.29, 1.82) is 0 Å². The second-order valence-corrected chi connectivity index (χ2v) is 3.77. The Hall–Kier alpha value is -2.03. The molecule has 1 aromatic carbocycles. The third-order valence-electron chi connectivity index (χ3n) is 2.44. The van der Waals surface area contributed by atoms with Gasteiger partial charge in [0.15, 0.2) is 0 Å². The zero-order valence-corrected chi connectivity index (χ0v) is 9.30. The van der Waals surface area contributed by atoms with Gasteiger partial charge in [-0.1, -0.05) is 18.2 Å². The SMILES string of the molecule is CN(Cc1cc(N)ccn1)c1ccccc1. The van der Waals surface area contributed by atoms with E-state index < -0.39 is 0 Å². The van der Waals surface area contributed by atoms with Crippen molar-refractivity contribution >= 4 is 11.4 Å². The van der Waals surface area contributed by atoms with Gasteiger partial charge in [-0.25, -0.2) is 0 Å². The van der Waals surface area contributed by atoms with E-state index in [4.69, 9.17) is 5.73 Å². The standard InChI is InChI=1S/C13H15N3/c1-16(13-5-3-2-4-6-13)10-12-9-11(14)7-8-15-12/h2-9H,10H2,1H3,(H2,14,15). The Bertz CT molecular complexity index is 454. The summed E-state index contributed by atoms with van der Waals surface area (Å²) >= 11 is 0. The molecule has 0 saturated heterocycles. The van der Waals surface area contributed by atoms with Crippen LogP contribution in [0.1, 0.15) is 5.69 Å². The summed E-state index contributed by atoms with van der Waals surface area (Å²) in [6.45, 7) is 0.759. The van der Waals surface area contributed by atoms with Crippen LogP contribution in [0.25, 0.3) is 0 Å². The number of hydrogen-bond acceptors (Lipinski definition) is 3. The molecule has 0 radical (unpaired) electrons. The molecule has 2 N–H and O–H groups in total. The summed E-state index contributed by atoms with van der Waals surface area (Å²) in [5.74, 6) is 0. The van der Waals surface area contributed by atoms with Gasteiger partial charge < -0.3 is 10.6 Å². The molecule has 82 valence electrons. The molecule has 3 nitrogen and oxygen atoms in total. The quantitative estimate of drug-likeness (QED) is 0.850. The maximum Gasteiger partial charge on any atom is 0.0617 e. The number of pyridine rings is 1. The highest BCUT2D eigenvalue weighted by molar-refractivity contribution is 5.46. The van der Waals surface area contributed by atoms with Crippen LogP contribution < -0.4 is 10.6 Å². The molecule has 0 aliphatic rings. The number of nitrogen functional groups attached to an aromatic ring is 1. The summed E-state index contributed by atoms with van der Waals surface area (Å²) in [7, 11) is 2.04. The van der Waals surface area contributed by atoms with Gasteiger partial charge in [-0.05, 0) is 24.3 Å². The molecule has 1 heterocycles. The molecule has 0 saturated carbocycles. The van der Waals surface area contributed by atoms with Gasteiger partial charge >= 0.3 is 0 Å². The molecule has 2 aromatic rings. The van der Waals surface area contributed by atoms with E-state index in [0.717, 1.165) is 17.9 Å². The lowest BCUT2D eigenvalue weighted by atomic mass is 10.2. The average molecular weight is 213 g/mol. The number of aromatic nitrogens is 1. The molecule has 16 heavy (non-hydrogen) atoms. The lowest BCUT2D eigenvalue weighted by Crippen LogP contribution is -2.17. The van der Waals surface area contributed by atoms with E-state index in [1.54, 1.807) is 12.3 Å². The van der Waals surface area contributed by atoms with E-state index in [1.807, 2.05) is 31.3 Å². The highest BCUT2D eigenvalue weighted by Gasteiger charge is 2.02. The first-order valence-corrected chi connectivity index (χ1v) is 5.22. The molecule has 0 unspecified atom stereocenters. The lowest BCUT2D eigenvalue weighted by molar-refractivity contribution is 0.886. The zero-order chi connectivity index (χ0) is 11.4. The minimum atomic E-state index is 0.756. The smallest absolute Gasteiger partial charge is 0.0617 e. The van der Waals surface area contributed by atoms with Gasteiger partial charge in [0, 0.05) is 24.6 Å². The molecular weight excluding hydrogens is 198 g/mol. The fraction of sp³-hybridized carbons (Fsp3) is 0.154. The number of rotatable bonds is 3. The number of nitrogens with two attached hydrogens (primary N) is 1. The molecule has 0 bridgehead atoms. The number of hydrogen-bond donors (Lipinski definition) is 1. The second kappa shape index (κ2) is 4.66. The van der Waals surface area contributed by atoms with E-state index in [9.17, 15) is 0 Å². The molecule has 0 amide bonds. The largest absolute Gasteiger partial charge is 0.399 e. The molecule has 2 rings (SSSR count). The van der Waals surface area contributed by atoms with E-state index in [0.29, 0.717) is 0 Å². The molecule has 0 aliphatic heterocycles. The third-order valence-corrected chi connectivity index (χ3v) is 2.44. The van der Waals surface area contributed by atoms with Crippen LogP contribution in [0.15, 0.2) is 48.7 Å². The summed E-state index contributed by atoms with van der Waals surface area (Å²) in [5, 5.41) is 0. The highest BCUT2D eigenvalue weighted by Crippen LogP contribution is 2.14. The van der Waals surface area contributed by atoms with Crippen molar-refractivity contribution in [2.75, 3.05) is 17.7 Å². The van der Waals surface area contributed by atoms with Crippen molar-refractivity contribution in [3.8, 4) is 0 Å². The molecular formula is C13H15N3. The summed E-state index contributed by atoms with van der Waals surface area (Å²) in [6.07, 6.45) is 1.74. The van der Waals surface area contributed by atoms with Gasteiger partial charge in [0.05, 0.1) is 12.2 Å². The Morgan fingerprint density at radius 2 is 1.94 bits per heavy atom. The van der Waals surface area contributed by atoms with Gasteiger partial charge in [-0.3, -0.25) is 4.98 Å². The fourth-order valence-corrected chi connectivity index (χ4v) is 1.60. The van der Waals surface area contributed by atoms with Crippen molar-refractivity contribution in [3.63, 3.8) is 0 Å². The maximum absolute atomic E-state index is 5.71. The van der Waals surface area contributed by atoms with E-state index in [1.165, 1.54) is 5.69 Å². The average Bonchev–Trinajstić information content (AvgIpc) is 2.30. The van der Waals surface area contributed by atoms with E-state index >= 15 is 0 Å². The first kappa shape index (κ1) is 10.5. The van der Waals surface area contributed by atoms with Gasteiger partial charge in [0.2, 0.25) is 0 Å². The van der Waals surface area contributed by atoms with Crippen LogP contribution in [0.2, 0.25) is 0 Å². The normalized spacial score (nSPS) is 10.1. The molecule has 0 aliphatic carbocycles. The van der Waals surface area contributed by atoms with E-state index in [-0.39, 0.29) is 0 Å². The molecule has 3 heteroatoms. The molecule has 0 fully saturated rings. The Kier molecular flexibility index (Phi) is 3.05. The van der Waals surface area contributed by atoms with Crippen LogP contribution in [-0.4, -0.2) is 12.0 Å². The van der Waals surface area contributed by atoms with Gasteiger partial charge in [0.1, 0.15) is 0 Å². The van der Waals surface area contributed by atoms with Crippen molar-refractivity contribution in [3.05, 3.63) is 54.4 Å². The summed E-state index contributed by atoms with van der Waals surface area (Å²) in [5.41, 5.74) is 8.62. The summed E-state index contributed by atoms with van der Waals surface area (Å²) in [4.78, 5) is 6.42. The molecule has 0 spiro atoms. The van der Waals surface area contributed by atoms with Gasteiger partial charge in [-0.15, -0.1) is 0 Å². The number of anilines is 2. The Morgan fingerprint density at radius 3 is 2.62 bits per heavy atom. The number of para-hydroxylation sites is 1. The van der Waals surface area contributed by atoms with Crippen molar-refractivity contribution in [1.82, 2.24) is 4.98 Å². The van der Waals surface area contributed by atoms with Crippen LogP contribution in [0.5, 0.6) is 0 Å². The molecule has 0 atom stereocenters. The van der Waals surface area contributed by atoms with Crippen molar-refractivity contribution in [2.45, 2.75) is 6.54 Å². The zero-order valence-electron chi connectivity index (χ0n) is 9.30. The van der Waals surface area contributed by atoms with Crippen LogP contribution in [0.4, 0.5) is 11.4 Å².